The largest absolute Gasteiger partial charge is 0.494 e. The van der Waals surface area contributed by atoms with E-state index >= 15 is 0 Å². The van der Waals surface area contributed by atoms with Gasteiger partial charge in [-0.05, 0) is 49.4 Å². The Bertz CT molecular complexity index is 974. The number of sulfonamides is 1. The Morgan fingerprint density at radius 3 is 2.54 bits per heavy atom. The Hall–Kier alpha value is -2.19. The molecule has 0 unspecified atom stereocenters. The van der Waals surface area contributed by atoms with Gasteiger partial charge in [0.05, 0.1) is 22.9 Å². The van der Waals surface area contributed by atoms with Crippen molar-refractivity contribution in [3.63, 3.8) is 0 Å². The molecule has 0 saturated heterocycles. The first kappa shape index (κ1) is 20.5. The van der Waals surface area contributed by atoms with Crippen LogP contribution in [0.3, 0.4) is 0 Å². The zero-order valence-electron chi connectivity index (χ0n) is 16.4. The van der Waals surface area contributed by atoms with Crippen LogP contribution in [0.25, 0.3) is 0 Å². The Morgan fingerprint density at radius 1 is 1.25 bits per heavy atom. The normalized spacial score (nSPS) is 16.4. The third kappa shape index (κ3) is 3.98. The smallest absolute Gasteiger partial charge is 0.264 e. The van der Waals surface area contributed by atoms with E-state index in [9.17, 15) is 13.2 Å². The lowest BCUT2D eigenvalue weighted by Gasteiger charge is -2.32. The van der Waals surface area contributed by atoms with Gasteiger partial charge in [-0.15, -0.1) is 11.8 Å². The van der Waals surface area contributed by atoms with E-state index in [4.69, 9.17) is 4.74 Å². The molecule has 1 amide bonds. The number of amides is 1. The van der Waals surface area contributed by atoms with Crippen molar-refractivity contribution in [2.24, 2.45) is 0 Å². The van der Waals surface area contributed by atoms with Crippen LogP contribution in [0.15, 0.2) is 52.3 Å². The first-order valence-electron chi connectivity index (χ1n) is 9.04. The second-order valence-electron chi connectivity index (χ2n) is 6.59. The highest BCUT2D eigenvalue weighted by molar-refractivity contribution is 8.00. The van der Waals surface area contributed by atoms with Crippen LogP contribution in [-0.4, -0.2) is 39.8 Å². The molecule has 0 fully saturated rings. The fourth-order valence-corrected chi connectivity index (χ4v) is 5.40. The van der Waals surface area contributed by atoms with Gasteiger partial charge in [-0.2, -0.15) is 0 Å². The summed E-state index contributed by atoms with van der Waals surface area (Å²) in [6, 6.07) is 11.9. The van der Waals surface area contributed by atoms with Crippen molar-refractivity contribution in [2.45, 2.75) is 35.8 Å². The minimum atomic E-state index is -3.77. The number of hydrogen-bond donors (Lipinski definition) is 0. The van der Waals surface area contributed by atoms with Gasteiger partial charge in [0.1, 0.15) is 5.75 Å². The summed E-state index contributed by atoms with van der Waals surface area (Å²) in [5, 5.41) is 0.255. The van der Waals surface area contributed by atoms with Crippen molar-refractivity contribution >= 4 is 39.1 Å². The van der Waals surface area contributed by atoms with Crippen LogP contribution >= 0.6 is 11.8 Å². The molecule has 0 radical (unpaired) electrons. The van der Waals surface area contributed by atoms with Crippen LogP contribution in [0.4, 0.5) is 11.4 Å². The number of fused-ring (bicyclic) bond motifs is 1. The summed E-state index contributed by atoms with van der Waals surface area (Å²) in [6.07, 6.45) is 0. The van der Waals surface area contributed by atoms with Gasteiger partial charge in [0, 0.05) is 30.7 Å². The van der Waals surface area contributed by atoms with Crippen molar-refractivity contribution in [3.8, 4) is 5.75 Å². The predicted octanol–water partition coefficient (Wildman–Crippen LogP) is 3.76. The van der Waals surface area contributed by atoms with Gasteiger partial charge < -0.3 is 9.64 Å². The van der Waals surface area contributed by atoms with Gasteiger partial charge in [-0.25, -0.2) is 8.42 Å². The molecule has 2 aromatic rings. The maximum atomic E-state index is 13.2. The Labute approximate surface area is 170 Å². The van der Waals surface area contributed by atoms with E-state index in [1.165, 1.54) is 18.3 Å². The SMILES string of the molecule is CCOc1ccc(N(C)S(=O)(=O)c2ccc3c(c2)N(C(C)=O)C[C@H](C)S3)cc1. The lowest BCUT2D eigenvalue weighted by Crippen LogP contribution is -2.37. The van der Waals surface area contributed by atoms with E-state index in [2.05, 4.69) is 0 Å². The Balaban J connectivity index is 1.95. The molecule has 1 heterocycles. The highest BCUT2D eigenvalue weighted by atomic mass is 32.2. The van der Waals surface area contributed by atoms with Crippen LogP contribution in [0.1, 0.15) is 20.8 Å². The molecular weight excluding hydrogens is 396 g/mol. The first-order chi connectivity index (χ1) is 13.2. The zero-order chi connectivity index (χ0) is 20.5. The monoisotopic (exact) mass is 420 g/mol. The first-order valence-corrected chi connectivity index (χ1v) is 11.4. The molecule has 0 aliphatic carbocycles. The van der Waals surface area contributed by atoms with Crippen molar-refractivity contribution in [1.29, 1.82) is 0 Å². The Morgan fingerprint density at radius 2 is 1.93 bits per heavy atom. The fourth-order valence-electron chi connectivity index (χ4n) is 3.09. The van der Waals surface area contributed by atoms with E-state index in [-0.39, 0.29) is 16.1 Å². The van der Waals surface area contributed by atoms with Crippen LogP contribution in [0.5, 0.6) is 5.75 Å². The van der Waals surface area contributed by atoms with Crippen molar-refractivity contribution in [2.75, 3.05) is 29.4 Å². The molecule has 8 heteroatoms. The van der Waals surface area contributed by atoms with Crippen molar-refractivity contribution in [1.82, 2.24) is 0 Å². The van der Waals surface area contributed by atoms with Crippen molar-refractivity contribution < 1.29 is 17.9 Å². The summed E-state index contributed by atoms with van der Waals surface area (Å²) in [4.78, 5) is 14.8. The van der Waals surface area contributed by atoms with Crippen LogP contribution in [-0.2, 0) is 14.8 Å². The summed E-state index contributed by atoms with van der Waals surface area (Å²) >= 11 is 1.65. The standard InChI is InChI=1S/C20H24N2O4S2/c1-5-26-17-8-6-16(7-9-17)21(4)28(24,25)18-10-11-20-19(12-18)22(15(3)23)13-14(2)27-20/h6-12,14H,5,13H2,1-4H3/t14-/m0/s1. The summed E-state index contributed by atoms with van der Waals surface area (Å²) in [6.45, 7) is 6.55. The molecule has 28 heavy (non-hydrogen) atoms. The zero-order valence-corrected chi connectivity index (χ0v) is 18.0. The molecule has 0 bridgehead atoms. The molecule has 1 aliphatic heterocycles. The summed E-state index contributed by atoms with van der Waals surface area (Å²) in [7, 11) is -2.25. The van der Waals surface area contributed by atoms with Crippen LogP contribution in [0.2, 0.25) is 0 Å². The number of ether oxygens (including phenoxy) is 1. The van der Waals surface area contributed by atoms with E-state index < -0.39 is 10.0 Å². The molecule has 150 valence electrons. The van der Waals surface area contributed by atoms with Gasteiger partial charge in [0.15, 0.2) is 0 Å². The van der Waals surface area contributed by atoms with Gasteiger partial charge in [0.25, 0.3) is 10.0 Å². The number of rotatable bonds is 5. The third-order valence-corrected chi connectivity index (χ3v) is 7.47. The summed E-state index contributed by atoms with van der Waals surface area (Å²) < 4.78 is 33.0. The predicted molar refractivity (Wildman–Crippen MR) is 113 cm³/mol. The minimum absolute atomic E-state index is 0.0946. The number of carbonyl (C=O) groups excluding carboxylic acids is 1. The molecule has 2 aromatic carbocycles. The molecule has 0 saturated carbocycles. The second kappa shape index (κ2) is 8.05. The average Bonchev–Trinajstić information content (AvgIpc) is 2.67. The number of anilines is 2. The topological polar surface area (TPSA) is 66.9 Å². The molecule has 6 nitrogen and oxygen atoms in total. The number of thioether (sulfide) groups is 1. The number of hydrogen-bond acceptors (Lipinski definition) is 5. The maximum absolute atomic E-state index is 13.2. The third-order valence-electron chi connectivity index (χ3n) is 4.54. The molecule has 0 aromatic heterocycles. The lowest BCUT2D eigenvalue weighted by atomic mass is 10.2. The molecule has 3 rings (SSSR count). The highest BCUT2D eigenvalue weighted by Gasteiger charge is 2.28. The molecular formula is C20H24N2O4S2. The average molecular weight is 421 g/mol. The minimum Gasteiger partial charge on any atom is -0.494 e. The number of carbonyl (C=O) groups is 1. The van der Waals surface area contributed by atoms with Gasteiger partial charge in [-0.3, -0.25) is 9.10 Å². The van der Waals surface area contributed by atoms with Crippen LogP contribution in [0, 0.1) is 0 Å². The van der Waals surface area contributed by atoms with Crippen LogP contribution < -0.4 is 13.9 Å². The molecule has 0 N–H and O–H groups in total. The van der Waals surface area contributed by atoms with Crippen molar-refractivity contribution in [3.05, 3.63) is 42.5 Å². The van der Waals surface area contributed by atoms with Gasteiger partial charge in [0.2, 0.25) is 5.91 Å². The van der Waals surface area contributed by atoms with E-state index in [1.807, 2.05) is 13.8 Å². The summed E-state index contributed by atoms with van der Waals surface area (Å²) in [5.74, 6) is 0.594. The highest BCUT2D eigenvalue weighted by Crippen LogP contribution is 2.40. The molecule has 0 spiro atoms. The second-order valence-corrected chi connectivity index (χ2v) is 10.0. The quantitative estimate of drug-likeness (QED) is 0.737. The lowest BCUT2D eigenvalue weighted by molar-refractivity contribution is -0.116. The van der Waals surface area contributed by atoms with E-state index in [0.717, 1.165) is 4.90 Å². The maximum Gasteiger partial charge on any atom is 0.264 e. The van der Waals surface area contributed by atoms with E-state index in [1.54, 1.807) is 59.1 Å². The number of nitrogens with zero attached hydrogens (tertiary/aromatic N) is 2. The number of benzene rings is 2. The molecule has 1 atom stereocenters. The van der Waals surface area contributed by atoms with Gasteiger partial charge >= 0.3 is 0 Å². The fraction of sp³-hybridized carbons (Fsp3) is 0.350. The van der Waals surface area contributed by atoms with E-state index in [0.29, 0.717) is 30.3 Å². The molecule has 1 aliphatic rings. The Kier molecular flexibility index (Phi) is 5.90. The summed E-state index contributed by atoms with van der Waals surface area (Å²) in [5.41, 5.74) is 1.18. The van der Waals surface area contributed by atoms with Gasteiger partial charge in [-0.1, -0.05) is 6.92 Å².